The lowest BCUT2D eigenvalue weighted by molar-refractivity contribution is -0.113. The summed E-state index contributed by atoms with van der Waals surface area (Å²) in [7, 11) is 0. The van der Waals surface area contributed by atoms with Gasteiger partial charge in [-0.3, -0.25) is 4.79 Å². The number of hydrogen-bond donors (Lipinski definition) is 1. The fourth-order valence-corrected chi connectivity index (χ4v) is 5.60. The van der Waals surface area contributed by atoms with E-state index in [2.05, 4.69) is 61.6 Å². The van der Waals surface area contributed by atoms with Crippen LogP contribution in [0.2, 0.25) is 0 Å². The molecule has 5 rings (SSSR count). The molecule has 2 fully saturated rings. The monoisotopic (exact) mass is 453 g/mol. The Morgan fingerprint density at radius 1 is 1.23 bits per heavy atom. The number of carbonyl (C=O) groups is 1. The highest BCUT2D eigenvalue weighted by atomic mass is 32.2. The Morgan fingerprint density at radius 2 is 2.06 bits per heavy atom. The number of thioether (sulfide) groups is 1. The Hall–Kier alpha value is -2.32. The van der Waals surface area contributed by atoms with Crippen molar-refractivity contribution in [1.29, 1.82) is 0 Å². The summed E-state index contributed by atoms with van der Waals surface area (Å²) >= 11 is 3.22. The molecule has 0 spiro atoms. The maximum atomic E-state index is 12.6. The van der Waals surface area contributed by atoms with Crippen LogP contribution in [0.15, 0.2) is 40.9 Å². The minimum absolute atomic E-state index is 0.00724. The van der Waals surface area contributed by atoms with E-state index in [-0.39, 0.29) is 5.91 Å². The first-order valence-electron chi connectivity index (χ1n) is 10.9. The first-order chi connectivity index (χ1) is 15.2. The lowest BCUT2D eigenvalue weighted by Crippen LogP contribution is -2.18. The number of rotatable bonds is 8. The average molecular weight is 454 g/mol. The minimum atomic E-state index is -0.00724. The first-order valence-corrected chi connectivity index (χ1v) is 12.8. The number of nitrogens with one attached hydrogen (secondary N) is 1. The second kappa shape index (κ2) is 9.04. The third kappa shape index (κ3) is 4.80. The molecule has 6 nitrogen and oxygen atoms in total. The summed E-state index contributed by atoms with van der Waals surface area (Å²) in [4.78, 5) is 16.3. The highest BCUT2D eigenvalue weighted by molar-refractivity contribution is 7.99. The van der Waals surface area contributed by atoms with Crippen molar-refractivity contribution in [2.75, 3.05) is 29.1 Å². The maximum absolute atomic E-state index is 12.6. The van der Waals surface area contributed by atoms with Crippen LogP contribution in [-0.4, -0.2) is 39.5 Å². The molecule has 0 unspecified atom stereocenters. The van der Waals surface area contributed by atoms with Crippen molar-refractivity contribution in [2.24, 2.45) is 0 Å². The highest BCUT2D eigenvalue weighted by Crippen LogP contribution is 2.39. The van der Waals surface area contributed by atoms with Gasteiger partial charge in [0.05, 0.1) is 5.75 Å². The third-order valence-electron chi connectivity index (χ3n) is 5.85. The summed E-state index contributed by atoms with van der Waals surface area (Å²) in [6.07, 6.45) is 5.65. The minimum Gasteiger partial charge on any atom is -0.372 e. The Balaban J connectivity index is 1.21. The molecule has 1 saturated carbocycles. The Labute approximate surface area is 191 Å². The van der Waals surface area contributed by atoms with E-state index in [9.17, 15) is 4.79 Å². The number of benzene rings is 1. The smallest absolute Gasteiger partial charge is 0.234 e. The predicted octanol–water partition coefficient (Wildman–Crippen LogP) is 4.90. The average Bonchev–Trinajstić information content (AvgIpc) is 3.17. The summed E-state index contributed by atoms with van der Waals surface area (Å²) in [5, 5.41) is 14.9. The Morgan fingerprint density at radius 3 is 2.77 bits per heavy atom. The fraction of sp³-hybridized carbons (Fsp3) is 0.435. The van der Waals surface area contributed by atoms with Gasteiger partial charge < -0.3 is 14.8 Å². The van der Waals surface area contributed by atoms with Gasteiger partial charge in [0.2, 0.25) is 5.91 Å². The van der Waals surface area contributed by atoms with Gasteiger partial charge in [0.1, 0.15) is 5.82 Å². The van der Waals surface area contributed by atoms with Crippen LogP contribution in [0.25, 0.3) is 0 Å². The van der Waals surface area contributed by atoms with Crippen molar-refractivity contribution < 1.29 is 4.79 Å². The van der Waals surface area contributed by atoms with E-state index in [0.29, 0.717) is 11.8 Å². The fourth-order valence-electron chi connectivity index (χ4n) is 4.07. The van der Waals surface area contributed by atoms with E-state index in [1.54, 1.807) is 11.3 Å². The zero-order valence-corrected chi connectivity index (χ0v) is 19.3. The van der Waals surface area contributed by atoms with Crippen molar-refractivity contribution in [2.45, 2.75) is 50.2 Å². The number of aryl methyl sites for hydroxylation is 1. The molecule has 1 amide bonds. The van der Waals surface area contributed by atoms with Crippen LogP contribution in [0.4, 0.5) is 11.4 Å². The number of aromatic nitrogens is 3. The second-order valence-electron chi connectivity index (χ2n) is 8.29. The molecule has 8 heteroatoms. The molecule has 1 aliphatic heterocycles. The van der Waals surface area contributed by atoms with Gasteiger partial charge in [-0.05, 0) is 67.8 Å². The molecule has 3 heterocycles. The number of amides is 1. The van der Waals surface area contributed by atoms with Crippen molar-refractivity contribution >= 4 is 40.4 Å². The zero-order chi connectivity index (χ0) is 21.2. The van der Waals surface area contributed by atoms with Crippen LogP contribution in [0.3, 0.4) is 0 Å². The van der Waals surface area contributed by atoms with Crippen LogP contribution in [-0.2, 0) is 11.2 Å². The number of carbonyl (C=O) groups excluding carboxylic acids is 1. The molecule has 2 aromatic heterocycles. The molecule has 31 heavy (non-hydrogen) atoms. The van der Waals surface area contributed by atoms with E-state index in [0.717, 1.165) is 54.6 Å². The van der Waals surface area contributed by atoms with Crippen molar-refractivity contribution in [3.05, 3.63) is 52.0 Å². The lowest BCUT2D eigenvalue weighted by Gasteiger charge is -2.19. The summed E-state index contributed by atoms with van der Waals surface area (Å²) in [6, 6.07) is 11.0. The molecule has 0 bridgehead atoms. The van der Waals surface area contributed by atoms with Gasteiger partial charge in [-0.1, -0.05) is 17.8 Å². The number of nitrogens with zero attached hydrogens (tertiary/aromatic N) is 4. The molecular formula is C23H27N5OS2. The Kier molecular flexibility index (Phi) is 6.00. The van der Waals surface area contributed by atoms with Crippen molar-refractivity contribution in [1.82, 2.24) is 14.8 Å². The lowest BCUT2D eigenvalue weighted by atomic mass is 10.1. The standard InChI is InChI=1S/C23H27N5OS2/c1-16-13-18(27-10-2-3-11-27)8-9-20(16)24-22(29)15-31-23-26-25-21(28(23)17-6-7-17)14-19-5-4-12-30-19/h4-5,8-9,12-13,17H,2-3,6-7,10-11,14-15H2,1H3,(H,24,29). The van der Waals surface area contributed by atoms with Crippen LogP contribution in [0, 0.1) is 6.92 Å². The SMILES string of the molecule is Cc1cc(N2CCCC2)ccc1NC(=O)CSc1nnc(Cc2cccs2)n1C1CC1. The number of thiophene rings is 1. The second-order valence-corrected chi connectivity index (χ2v) is 10.3. The molecule has 1 saturated heterocycles. The zero-order valence-electron chi connectivity index (χ0n) is 17.7. The van der Waals surface area contributed by atoms with Gasteiger partial charge in [0, 0.05) is 41.8 Å². The molecule has 2 aliphatic rings. The van der Waals surface area contributed by atoms with Crippen LogP contribution in [0.1, 0.15) is 48.0 Å². The van der Waals surface area contributed by atoms with E-state index in [4.69, 9.17) is 0 Å². The van der Waals surface area contributed by atoms with E-state index >= 15 is 0 Å². The van der Waals surface area contributed by atoms with Crippen molar-refractivity contribution in [3.8, 4) is 0 Å². The number of hydrogen-bond acceptors (Lipinski definition) is 6. The molecule has 1 aliphatic carbocycles. The summed E-state index contributed by atoms with van der Waals surface area (Å²) in [6.45, 7) is 4.30. The van der Waals surface area contributed by atoms with Gasteiger partial charge in [-0.15, -0.1) is 21.5 Å². The van der Waals surface area contributed by atoms with Crippen molar-refractivity contribution in [3.63, 3.8) is 0 Å². The van der Waals surface area contributed by atoms with Gasteiger partial charge in [-0.2, -0.15) is 0 Å². The molecule has 162 valence electrons. The number of anilines is 2. The highest BCUT2D eigenvalue weighted by Gasteiger charge is 2.30. The first kappa shape index (κ1) is 20.6. The largest absolute Gasteiger partial charge is 0.372 e. The molecule has 0 radical (unpaired) electrons. The van der Waals surface area contributed by atoms with Gasteiger partial charge in [-0.25, -0.2) is 0 Å². The molecular weight excluding hydrogens is 426 g/mol. The van der Waals surface area contributed by atoms with E-state index < -0.39 is 0 Å². The van der Waals surface area contributed by atoms with Gasteiger partial charge >= 0.3 is 0 Å². The van der Waals surface area contributed by atoms with Gasteiger partial charge in [0.15, 0.2) is 5.16 Å². The third-order valence-corrected chi connectivity index (χ3v) is 7.67. The quantitative estimate of drug-likeness (QED) is 0.491. The normalized spacial score (nSPS) is 16.1. The summed E-state index contributed by atoms with van der Waals surface area (Å²) in [5.74, 6) is 1.32. The predicted molar refractivity (Wildman–Crippen MR) is 127 cm³/mol. The van der Waals surface area contributed by atoms with E-state index in [1.165, 1.54) is 35.2 Å². The van der Waals surface area contributed by atoms with E-state index in [1.807, 2.05) is 6.07 Å². The molecule has 3 aromatic rings. The summed E-state index contributed by atoms with van der Waals surface area (Å²) < 4.78 is 2.24. The van der Waals surface area contributed by atoms with Crippen LogP contribution >= 0.6 is 23.1 Å². The molecule has 0 atom stereocenters. The topological polar surface area (TPSA) is 63.1 Å². The van der Waals surface area contributed by atoms with Crippen LogP contribution in [0.5, 0.6) is 0 Å². The summed E-state index contributed by atoms with van der Waals surface area (Å²) in [5.41, 5.74) is 3.23. The maximum Gasteiger partial charge on any atom is 0.234 e. The Bertz CT molecular complexity index is 1050. The van der Waals surface area contributed by atoms with Gasteiger partial charge in [0.25, 0.3) is 0 Å². The molecule has 1 aromatic carbocycles. The molecule has 1 N–H and O–H groups in total. The van der Waals surface area contributed by atoms with Crippen LogP contribution < -0.4 is 10.2 Å².